The molecule has 0 saturated heterocycles. The Morgan fingerprint density at radius 1 is 1.43 bits per heavy atom. The highest BCUT2D eigenvalue weighted by Crippen LogP contribution is 2.29. The first kappa shape index (κ1) is 10.9. The molecule has 0 heterocycles. The standard InChI is InChI=1S/C10H12F2O2/c1-10(11,12)8-3-2-4-9(7-8)14-6-5-13/h2-4,7,13H,5-6H2,1H3. The van der Waals surface area contributed by atoms with Crippen molar-refractivity contribution in [3.05, 3.63) is 29.8 Å². The zero-order valence-corrected chi connectivity index (χ0v) is 7.84. The Labute approximate surface area is 81.1 Å². The number of benzene rings is 1. The third-order valence-corrected chi connectivity index (χ3v) is 1.70. The van der Waals surface area contributed by atoms with Gasteiger partial charge in [-0.3, -0.25) is 0 Å². The highest BCUT2D eigenvalue weighted by Gasteiger charge is 2.24. The predicted molar refractivity (Wildman–Crippen MR) is 48.6 cm³/mol. The largest absolute Gasteiger partial charge is 0.491 e. The molecule has 0 aliphatic heterocycles. The molecule has 1 aromatic rings. The zero-order valence-electron chi connectivity index (χ0n) is 7.84. The van der Waals surface area contributed by atoms with E-state index in [1.54, 1.807) is 6.07 Å². The van der Waals surface area contributed by atoms with Crippen molar-refractivity contribution < 1.29 is 18.6 Å². The molecule has 0 unspecified atom stereocenters. The van der Waals surface area contributed by atoms with E-state index in [0.29, 0.717) is 5.75 Å². The van der Waals surface area contributed by atoms with Gasteiger partial charge >= 0.3 is 0 Å². The molecule has 1 N–H and O–H groups in total. The van der Waals surface area contributed by atoms with Gasteiger partial charge in [0.25, 0.3) is 5.92 Å². The molecule has 0 saturated carbocycles. The lowest BCUT2D eigenvalue weighted by Crippen LogP contribution is -2.08. The number of ether oxygens (including phenoxy) is 1. The molecule has 1 aromatic carbocycles. The molecule has 2 nitrogen and oxygen atoms in total. The smallest absolute Gasteiger partial charge is 0.270 e. The minimum absolute atomic E-state index is 0.0899. The summed E-state index contributed by atoms with van der Waals surface area (Å²) in [6.07, 6.45) is 0. The average molecular weight is 202 g/mol. The third-order valence-electron chi connectivity index (χ3n) is 1.70. The van der Waals surface area contributed by atoms with Crippen LogP contribution in [0.1, 0.15) is 12.5 Å². The summed E-state index contributed by atoms with van der Waals surface area (Å²) in [5.41, 5.74) is -0.0899. The van der Waals surface area contributed by atoms with E-state index in [-0.39, 0.29) is 18.8 Å². The van der Waals surface area contributed by atoms with Gasteiger partial charge < -0.3 is 9.84 Å². The average Bonchev–Trinajstić information content (AvgIpc) is 2.14. The van der Waals surface area contributed by atoms with E-state index in [1.807, 2.05) is 0 Å². The van der Waals surface area contributed by atoms with Crippen molar-refractivity contribution in [2.75, 3.05) is 13.2 Å². The van der Waals surface area contributed by atoms with Crippen LogP contribution < -0.4 is 4.74 Å². The number of aliphatic hydroxyl groups is 1. The molecule has 0 spiro atoms. The first-order chi connectivity index (χ1) is 6.54. The molecule has 0 aliphatic carbocycles. The number of halogens is 2. The monoisotopic (exact) mass is 202 g/mol. The van der Waals surface area contributed by atoms with Gasteiger partial charge in [0.2, 0.25) is 0 Å². The third kappa shape index (κ3) is 2.96. The second-order valence-electron chi connectivity index (χ2n) is 2.99. The molecule has 0 aromatic heterocycles. The van der Waals surface area contributed by atoms with Crippen molar-refractivity contribution in [2.45, 2.75) is 12.8 Å². The SMILES string of the molecule is CC(F)(F)c1cccc(OCCO)c1. The molecular formula is C10H12F2O2. The highest BCUT2D eigenvalue weighted by molar-refractivity contribution is 5.30. The van der Waals surface area contributed by atoms with Crippen LogP contribution >= 0.6 is 0 Å². The lowest BCUT2D eigenvalue weighted by atomic mass is 10.1. The second-order valence-corrected chi connectivity index (χ2v) is 2.99. The van der Waals surface area contributed by atoms with E-state index in [1.165, 1.54) is 18.2 Å². The Hall–Kier alpha value is -1.16. The minimum atomic E-state index is -2.86. The van der Waals surface area contributed by atoms with Crippen LogP contribution in [0.15, 0.2) is 24.3 Å². The van der Waals surface area contributed by atoms with Crippen molar-refractivity contribution in [1.82, 2.24) is 0 Å². The van der Waals surface area contributed by atoms with E-state index < -0.39 is 5.92 Å². The molecule has 4 heteroatoms. The van der Waals surface area contributed by atoms with Gasteiger partial charge in [-0.15, -0.1) is 0 Å². The summed E-state index contributed by atoms with van der Waals surface area (Å²) in [5, 5.41) is 8.48. The molecule has 0 amide bonds. The quantitative estimate of drug-likeness (QED) is 0.810. The first-order valence-corrected chi connectivity index (χ1v) is 4.26. The van der Waals surface area contributed by atoms with Gasteiger partial charge in [0, 0.05) is 12.5 Å². The maximum absolute atomic E-state index is 12.9. The second kappa shape index (κ2) is 4.37. The summed E-state index contributed by atoms with van der Waals surface area (Å²) in [4.78, 5) is 0. The Bertz CT molecular complexity index is 294. The molecule has 0 aliphatic rings. The summed E-state index contributed by atoms with van der Waals surface area (Å²) in [6, 6.07) is 5.69. The minimum Gasteiger partial charge on any atom is -0.491 e. The van der Waals surface area contributed by atoms with Crippen molar-refractivity contribution in [3.8, 4) is 5.75 Å². The summed E-state index contributed by atoms with van der Waals surface area (Å²) >= 11 is 0. The van der Waals surface area contributed by atoms with Crippen LogP contribution in [0.4, 0.5) is 8.78 Å². The molecule has 1 rings (SSSR count). The first-order valence-electron chi connectivity index (χ1n) is 4.26. The number of alkyl halides is 2. The highest BCUT2D eigenvalue weighted by atomic mass is 19.3. The fourth-order valence-corrected chi connectivity index (χ4v) is 1.02. The molecule has 14 heavy (non-hydrogen) atoms. The van der Waals surface area contributed by atoms with E-state index >= 15 is 0 Å². The van der Waals surface area contributed by atoms with Crippen LogP contribution in [-0.2, 0) is 5.92 Å². The topological polar surface area (TPSA) is 29.5 Å². The predicted octanol–water partition coefficient (Wildman–Crippen LogP) is 2.17. The molecule has 0 radical (unpaired) electrons. The Morgan fingerprint density at radius 2 is 2.14 bits per heavy atom. The maximum Gasteiger partial charge on any atom is 0.270 e. The number of aliphatic hydroxyl groups excluding tert-OH is 1. The maximum atomic E-state index is 12.9. The van der Waals surface area contributed by atoms with Gasteiger partial charge in [-0.25, -0.2) is 8.78 Å². The van der Waals surface area contributed by atoms with E-state index in [9.17, 15) is 8.78 Å². The van der Waals surface area contributed by atoms with Gasteiger partial charge in [0.1, 0.15) is 12.4 Å². The van der Waals surface area contributed by atoms with E-state index in [0.717, 1.165) is 6.92 Å². The lowest BCUT2D eigenvalue weighted by Gasteiger charge is -2.12. The molecular weight excluding hydrogens is 190 g/mol. The van der Waals surface area contributed by atoms with Crippen LogP contribution in [-0.4, -0.2) is 18.3 Å². The van der Waals surface area contributed by atoms with Crippen LogP contribution in [0.25, 0.3) is 0 Å². The van der Waals surface area contributed by atoms with Crippen molar-refractivity contribution in [2.24, 2.45) is 0 Å². The fourth-order valence-electron chi connectivity index (χ4n) is 1.02. The molecule has 0 bridgehead atoms. The summed E-state index contributed by atoms with van der Waals surface area (Å²) < 4.78 is 30.7. The van der Waals surface area contributed by atoms with E-state index in [4.69, 9.17) is 9.84 Å². The molecule has 78 valence electrons. The molecule has 0 atom stereocenters. The van der Waals surface area contributed by atoms with Gasteiger partial charge in [-0.05, 0) is 12.1 Å². The van der Waals surface area contributed by atoms with Crippen LogP contribution in [0.2, 0.25) is 0 Å². The Kier molecular flexibility index (Phi) is 3.41. The Balaban J connectivity index is 2.79. The van der Waals surface area contributed by atoms with Crippen molar-refractivity contribution in [1.29, 1.82) is 0 Å². The van der Waals surface area contributed by atoms with Gasteiger partial charge in [-0.2, -0.15) is 0 Å². The Morgan fingerprint density at radius 3 is 2.71 bits per heavy atom. The van der Waals surface area contributed by atoms with Gasteiger partial charge in [-0.1, -0.05) is 12.1 Å². The summed E-state index contributed by atoms with van der Waals surface area (Å²) in [7, 11) is 0. The summed E-state index contributed by atoms with van der Waals surface area (Å²) in [6.45, 7) is 0.809. The fraction of sp³-hybridized carbons (Fsp3) is 0.400. The summed E-state index contributed by atoms with van der Waals surface area (Å²) in [5.74, 6) is -2.52. The van der Waals surface area contributed by atoms with Crippen molar-refractivity contribution >= 4 is 0 Å². The van der Waals surface area contributed by atoms with E-state index in [2.05, 4.69) is 0 Å². The molecule has 0 fully saturated rings. The normalized spacial score (nSPS) is 11.4. The number of rotatable bonds is 4. The van der Waals surface area contributed by atoms with Crippen LogP contribution in [0, 0.1) is 0 Å². The van der Waals surface area contributed by atoms with Gasteiger partial charge in [0.05, 0.1) is 6.61 Å². The van der Waals surface area contributed by atoms with Gasteiger partial charge in [0.15, 0.2) is 0 Å². The number of hydrogen-bond donors (Lipinski definition) is 1. The van der Waals surface area contributed by atoms with Crippen LogP contribution in [0.5, 0.6) is 5.75 Å². The number of hydrogen-bond acceptors (Lipinski definition) is 2. The van der Waals surface area contributed by atoms with Crippen molar-refractivity contribution in [3.63, 3.8) is 0 Å². The van der Waals surface area contributed by atoms with Crippen LogP contribution in [0.3, 0.4) is 0 Å². The zero-order chi connectivity index (χ0) is 10.6. The lowest BCUT2D eigenvalue weighted by molar-refractivity contribution is 0.0172.